The summed E-state index contributed by atoms with van der Waals surface area (Å²) in [5, 5.41) is 12.0. The lowest BCUT2D eigenvalue weighted by Crippen LogP contribution is -2.28. The van der Waals surface area contributed by atoms with Crippen LogP contribution in [0.15, 0.2) is 23.4 Å². The van der Waals surface area contributed by atoms with Gasteiger partial charge in [-0.25, -0.2) is 0 Å². The second-order valence-corrected chi connectivity index (χ2v) is 6.04. The molecule has 1 aromatic carbocycles. The minimum absolute atomic E-state index is 0.00154. The number of benzene rings is 1. The fourth-order valence-corrected chi connectivity index (χ4v) is 2.90. The minimum atomic E-state index is 0.00154. The normalized spacial score (nSPS) is 27.4. The Balaban J connectivity index is 2.06. The molecule has 110 valence electrons. The van der Waals surface area contributed by atoms with Crippen LogP contribution >= 0.6 is 11.6 Å². The van der Waals surface area contributed by atoms with Crippen LogP contribution in [-0.2, 0) is 0 Å². The van der Waals surface area contributed by atoms with E-state index in [0.717, 1.165) is 24.5 Å². The van der Waals surface area contributed by atoms with E-state index in [1.54, 1.807) is 12.1 Å². The Morgan fingerprint density at radius 2 is 2.10 bits per heavy atom. The Morgan fingerprint density at radius 3 is 2.70 bits per heavy atom. The van der Waals surface area contributed by atoms with E-state index in [0.29, 0.717) is 16.5 Å². The Kier molecular flexibility index (Phi) is 4.76. The molecule has 0 aromatic heterocycles. The molecule has 0 spiro atoms. The maximum atomic E-state index is 8.67. The lowest BCUT2D eigenvalue weighted by atomic mass is 9.80. The Bertz CT molecular complexity index is 505. The van der Waals surface area contributed by atoms with Gasteiger partial charge in [0.05, 0.1) is 11.1 Å². The maximum Gasteiger partial charge on any atom is 0.171 e. The summed E-state index contributed by atoms with van der Waals surface area (Å²) in [5.41, 5.74) is 6.04. The van der Waals surface area contributed by atoms with Crippen molar-refractivity contribution in [3.8, 4) is 5.75 Å². The third-order valence-electron chi connectivity index (χ3n) is 4.18. The first-order valence-electron chi connectivity index (χ1n) is 6.95. The molecule has 1 aliphatic rings. The molecule has 0 radical (unpaired) electrons. The molecule has 4 nitrogen and oxygen atoms in total. The number of hydrogen-bond acceptors (Lipinski definition) is 3. The standard InChI is InChI=1S/C15H21ClN2O2/c1-9-3-4-11(7-10(9)2)20-12-5-6-13(14(16)8-12)15(17)18-19/h5-6,8-11,19H,3-4,7H2,1-2H3,(H2,17,18). The summed E-state index contributed by atoms with van der Waals surface area (Å²) in [6, 6.07) is 5.24. The average Bonchev–Trinajstić information content (AvgIpc) is 2.42. The summed E-state index contributed by atoms with van der Waals surface area (Å²) < 4.78 is 6.00. The minimum Gasteiger partial charge on any atom is -0.490 e. The number of ether oxygens (including phenoxy) is 1. The molecule has 1 aliphatic carbocycles. The van der Waals surface area contributed by atoms with Gasteiger partial charge in [0.15, 0.2) is 5.84 Å². The molecule has 1 saturated carbocycles. The van der Waals surface area contributed by atoms with Crippen molar-refractivity contribution in [3.05, 3.63) is 28.8 Å². The van der Waals surface area contributed by atoms with Gasteiger partial charge in [-0.2, -0.15) is 0 Å². The first kappa shape index (κ1) is 15.0. The third kappa shape index (κ3) is 3.37. The monoisotopic (exact) mass is 296 g/mol. The van der Waals surface area contributed by atoms with Crippen molar-refractivity contribution in [1.29, 1.82) is 0 Å². The molecular weight excluding hydrogens is 276 g/mol. The van der Waals surface area contributed by atoms with Crippen molar-refractivity contribution in [2.45, 2.75) is 39.2 Å². The number of halogens is 1. The van der Waals surface area contributed by atoms with Crippen LogP contribution in [0, 0.1) is 11.8 Å². The zero-order valence-corrected chi connectivity index (χ0v) is 12.6. The van der Waals surface area contributed by atoms with Gasteiger partial charge < -0.3 is 15.7 Å². The van der Waals surface area contributed by atoms with Gasteiger partial charge in [-0.15, -0.1) is 0 Å². The van der Waals surface area contributed by atoms with Gasteiger partial charge in [-0.1, -0.05) is 30.6 Å². The van der Waals surface area contributed by atoms with E-state index in [2.05, 4.69) is 19.0 Å². The van der Waals surface area contributed by atoms with Crippen molar-refractivity contribution >= 4 is 17.4 Å². The molecule has 5 heteroatoms. The quantitative estimate of drug-likeness (QED) is 0.387. The van der Waals surface area contributed by atoms with Crippen molar-refractivity contribution in [2.24, 2.45) is 22.7 Å². The highest BCUT2D eigenvalue weighted by Gasteiger charge is 2.25. The van der Waals surface area contributed by atoms with Crippen LogP contribution in [-0.4, -0.2) is 17.1 Å². The number of rotatable bonds is 3. The van der Waals surface area contributed by atoms with Gasteiger partial charge in [0, 0.05) is 5.56 Å². The molecule has 0 bridgehead atoms. The van der Waals surface area contributed by atoms with Crippen LogP contribution in [0.25, 0.3) is 0 Å². The number of hydrogen-bond donors (Lipinski definition) is 2. The van der Waals surface area contributed by atoms with Gasteiger partial charge in [0.2, 0.25) is 0 Å². The van der Waals surface area contributed by atoms with Crippen LogP contribution < -0.4 is 10.5 Å². The van der Waals surface area contributed by atoms with Crippen molar-refractivity contribution in [1.82, 2.24) is 0 Å². The Labute approximate surface area is 124 Å². The van der Waals surface area contributed by atoms with Crippen molar-refractivity contribution < 1.29 is 9.94 Å². The summed E-state index contributed by atoms with van der Waals surface area (Å²) in [6.07, 6.45) is 3.58. The zero-order chi connectivity index (χ0) is 14.7. The number of nitrogens with two attached hydrogens (primary N) is 1. The Hall–Kier alpha value is -1.42. The number of amidine groups is 1. The van der Waals surface area contributed by atoms with Crippen LogP contribution in [0.1, 0.15) is 38.7 Å². The molecule has 0 saturated heterocycles. The fraction of sp³-hybridized carbons (Fsp3) is 0.533. The van der Waals surface area contributed by atoms with Gasteiger partial charge in [0.1, 0.15) is 5.75 Å². The second kappa shape index (κ2) is 6.35. The Morgan fingerprint density at radius 1 is 1.35 bits per heavy atom. The van der Waals surface area contributed by atoms with E-state index in [1.165, 1.54) is 6.42 Å². The van der Waals surface area contributed by atoms with Crippen LogP contribution in [0.4, 0.5) is 0 Å². The molecule has 3 unspecified atom stereocenters. The third-order valence-corrected chi connectivity index (χ3v) is 4.49. The summed E-state index contributed by atoms with van der Waals surface area (Å²) >= 11 is 6.12. The van der Waals surface area contributed by atoms with Crippen molar-refractivity contribution in [2.75, 3.05) is 0 Å². The number of nitrogens with zero attached hydrogens (tertiary/aromatic N) is 1. The highest BCUT2D eigenvalue weighted by molar-refractivity contribution is 6.34. The van der Waals surface area contributed by atoms with E-state index in [1.807, 2.05) is 6.07 Å². The molecule has 20 heavy (non-hydrogen) atoms. The highest BCUT2D eigenvalue weighted by Crippen LogP contribution is 2.32. The predicted molar refractivity (Wildman–Crippen MR) is 80.6 cm³/mol. The molecule has 3 N–H and O–H groups in total. The SMILES string of the molecule is CC1CCC(Oc2ccc(C(N)=NO)c(Cl)c2)CC1C. The molecule has 2 rings (SSSR count). The molecule has 0 amide bonds. The smallest absolute Gasteiger partial charge is 0.171 e. The maximum absolute atomic E-state index is 8.67. The first-order valence-corrected chi connectivity index (χ1v) is 7.33. The van der Waals surface area contributed by atoms with E-state index >= 15 is 0 Å². The summed E-state index contributed by atoms with van der Waals surface area (Å²) in [5.74, 6) is 2.18. The van der Waals surface area contributed by atoms with Crippen LogP contribution in [0.2, 0.25) is 5.02 Å². The van der Waals surface area contributed by atoms with Crippen LogP contribution in [0.3, 0.4) is 0 Å². The lowest BCUT2D eigenvalue weighted by Gasteiger charge is -2.32. The summed E-state index contributed by atoms with van der Waals surface area (Å²) in [7, 11) is 0. The predicted octanol–water partition coefficient (Wildman–Crippen LogP) is 3.64. The lowest BCUT2D eigenvalue weighted by molar-refractivity contribution is 0.101. The van der Waals surface area contributed by atoms with E-state index < -0.39 is 0 Å². The van der Waals surface area contributed by atoms with Gasteiger partial charge in [-0.05, 0) is 49.3 Å². The topological polar surface area (TPSA) is 67.8 Å². The summed E-state index contributed by atoms with van der Waals surface area (Å²) in [6.45, 7) is 4.57. The molecule has 1 fully saturated rings. The molecule has 3 atom stereocenters. The van der Waals surface area contributed by atoms with Crippen LogP contribution in [0.5, 0.6) is 5.75 Å². The molecular formula is C15H21ClN2O2. The first-order chi connectivity index (χ1) is 9.51. The average molecular weight is 297 g/mol. The highest BCUT2D eigenvalue weighted by atomic mass is 35.5. The number of oxime groups is 1. The van der Waals surface area contributed by atoms with E-state index in [4.69, 9.17) is 27.3 Å². The second-order valence-electron chi connectivity index (χ2n) is 5.63. The fourth-order valence-electron chi connectivity index (χ4n) is 2.63. The molecule has 1 aromatic rings. The van der Waals surface area contributed by atoms with E-state index in [9.17, 15) is 0 Å². The molecule has 0 heterocycles. The van der Waals surface area contributed by atoms with Gasteiger partial charge in [-0.3, -0.25) is 0 Å². The molecule has 0 aliphatic heterocycles. The van der Waals surface area contributed by atoms with Crippen molar-refractivity contribution in [3.63, 3.8) is 0 Å². The zero-order valence-electron chi connectivity index (χ0n) is 11.8. The van der Waals surface area contributed by atoms with Gasteiger partial charge in [0.25, 0.3) is 0 Å². The largest absolute Gasteiger partial charge is 0.490 e. The summed E-state index contributed by atoms with van der Waals surface area (Å²) in [4.78, 5) is 0. The van der Waals surface area contributed by atoms with E-state index in [-0.39, 0.29) is 11.9 Å². The van der Waals surface area contributed by atoms with Gasteiger partial charge >= 0.3 is 0 Å².